The molecular formula is C7H5Cl4NO. The number of carbonyl (C=O) groups is 1. The van der Waals surface area contributed by atoms with Crippen molar-refractivity contribution in [1.29, 1.82) is 0 Å². The molecule has 0 heterocycles. The zero-order chi connectivity index (χ0) is 10.2. The molecule has 72 valence electrons. The van der Waals surface area contributed by atoms with Gasteiger partial charge in [-0.1, -0.05) is 34.8 Å². The van der Waals surface area contributed by atoms with Crippen LogP contribution in [0.5, 0.6) is 0 Å². The molecular weight excluding hydrogens is 256 g/mol. The van der Waals surface area contributed by atoms with Crippen molar-refractivity contribution in [2.75, 3.05) is 0 Å². The van der Waals surface area contributed by atoms with Gasteiger partial charge in [0, 0.05) is 10.6 Å². The first-order valence-electron chi connectivity index (χ1n) is 3.26. The van der Waals surface area contributed by atoms with Crippen LogP contribution in [0.15, 0.2) is 22.8 Å². The van der Waals surface area contributed by atoms with Crippen LogP contribution in [0.4, 0.5) is 0 Å². The lowest BCUT2D eigenvalue weighted by Crippen LogP contribution is -2.34. The molecule has 0 saturated heterocycles. The SMILES string of the molecule is NC(=O)C1=CC(Cl)=CC(Cl)(Cl)C1Cl. The summed E-state index contributed by atoms with van der Waals surface area (Å²) in [6.07, 6.45) is 2.70. The normalized spacial score (nSPS) is 26.3. The number of halogens is 4. The van der Waals surface area contributed by atoms with Gasteiger partial charge in [-0.3, -0.25) is 4.79 Å². The van der Waals surface area contributed by atoms with Crippen LogP contribution in [0.1, 0.15) is 0 Å². The van der Waals surface area contributed by atoms with Crippen LogP contribution in [0.3, 0.4) is 0 Å². The fourth-order valence-corrected chi connectivity index (χ4v) is 2.03. The van der Waals surface area contributed by atoms with Crippen LogP contribution in [-0.4, -0.2) is 15.6 Å². The third-order valence-corrected chi connectivity index (χ3v) is 3.19. The summed E-state index contributed by atoms with van der Waals surface area (Å²) in [4.78, 5) is 10.9. The number of amides is 1. The van der Waals surface area contributed by atoms with Crippen molar-refractivity contribution in [2.45, 2.75) is 9.71 Å². The van der Waals surface area contributed by atoms with E-state index in [1.165, 1.54) is 12.2 Å². The van der Waals surface area contributed by atoms with Gasteiger partial charge in [-0.25, -0.2) is 0 Å². The largest absolute Gasteiger partial charge is 0.366 e. The minimum Gasteiger partial charge on any atom is -0.366 e. The van der Waals surface area contributed by atoms with E-state index in [-0.39, 0.29) is 10.6 Å². The Morgan fingerprint density at radius 1 is 1.54 bits per heavy atom. The fourth-order valence-electron chi connectivity index (χ4n) is 0.924. The molecule has 13 heavy (non-hydrogen) atoms. The summed E-state index contributed by atoms with van der Waals surface area (Å²) in [5.74, 6) is -0.683. The molecule has 1 rings (SSSR count). The monoisotopic (exact) mass is 259 g/mol. The first-order chi connectivity index (χ1) is 5.84. The van der Waals surface area contributed by atoms with Crippen molar-refractivity contribution in [3.63, 3.8) is 0 Å². The van der Waals surface area contributed by atoms with Gasteiger partial charge in [0.25, 0.3) is 0 Å². The lowest BCUT2D eigenvalue weighted by molar-refractivity contribution is -0.114. The van der Waals surface area contributed by atoms with Crippen molar-refractivity contribution in [2.24, 2.45) is 5.73 Å². The molecule has 1 aliphatic rings. The van der Waals surface area contributed by atoms with E-state index in [2.05, 4.69) is 0 Å². The summed E-state index contributed by atoms with van der Waals surface area (Å²) in [7, 11) is 0. The average molecular weight is 261 g/mol. The number of nitrogens with two attached hydrogens (primary N) is 1. The number of hydrogen-bond acceptors (Lipinski definition) is 1. The van der Waals surface area contributed by atoms with Gasteiger partial charge in [0.2, 0.25) is 5.91 Å². The molecule has 0 fully saturated rings. The Balaban J connectivity index is 3.12. The summed E-state index contributed by atoms with van der Waals surface area (Å²) in [6.45, 7) is 0. The highest BCUT2D eigenvalue weighted by Crippen LogP contribution is 2.40. The fraction of sp³-hybridized carbons (Fsp3) is 0.286. The molecule has 1 unspecified atom stereocenters. The van der Waals surface area contributed by atoms with Gasteiger partial charge in [0.15, 0.2) is 4.33 Å². The number of hydrogen-bond donors (Lipinski definition) is 1. The predicted molar refractivity (Wildman–Crippen MR) is 55.3 cm³/mol. The van der Waals surface area contributed by atoms with E-state index in [0.717, 1.165) is 0 Å². The van der Waals surface area contributed by atoms with Gasteiger partial charge in [0.05, 0.1) is 0 Å². The standard InChI is InChI=1S/C7H5Cl4NO/c8-3-1-4(6(12)13)5(9)7(10,11)2-3/h1-2,5H,(H2,12,13). The minimum atomic E-state index is -1.39. The number of alkyl halides is 3. The molecule has 1 atom stereocenters. The second-order valence-corrected chi connectivity index (χ2v) is 4.85. The zero-order valence-corrected chi connectivity index (χ0v) is 9.25. The van der Waals surface area contributed by atoms with E-state index in [1.54, 1.807) is 0 Å². The van der Waals surface area contributed by atoms with Gasteiger partial charge in [-0.2, -0.15) is 0 Å². The van der Waals surface area contributed by atoms with E-state index in [0.29, 0.717) is 0 Å². The number of rotatable bonds is 1. The van der Waals surface area contributed by atoms with Gasteiger partial charge in [-0.15, -0.1) is 11.6 Å². The van der Waals surface area contributed by atoms with Crippen LogP contribution in [-0.2, 0) is 4.79 Å². The molecule has 6 heteroatoms. The first kappa shape index (κ1) is 11.2. The van der Waals surface area contributed by atoms with E-state index < -0.39 is 15.6 Å². The summed E-state index contributed by atoms with van der Waals surface area (Å²) in [6, 6.07) is 0. The highest BCUT2D eigenvalue weighted by Gasteiger charge is 2.38. The third-order valence-electron chi connectivity index (χ3n) is 1.52. The van der Waals surface area contributed by atoms with Gasteiger partial charge >= 0.3 is 0 Å². The van der Waals surface area contributed by atoms with Crippen molar-refractivity contribution in [3.8, 4) is 0 Å². The van der Waals surface area contributed by atoms with E-state index in [9.17, 15) is 4.79 Å². The summed E-state index contributed by atoms with van der Waals surface area (Å²) >= 11 is 23.0. The third kappa shape index (κ3) is 2.32. The van der Waals surface area contributed by atoms with Gasteiger partial charge < -0.3 is 5.73 Å². The van der Waals surface area contributed by atoms with Gasteiger partial charge in [-0.05, 0) is 12.2 Å². The molecule has 0 aromatic rings. The van der Waals surface area contributed by atoms with E-state index in [4.69, 9.17) is 52.1 Å². The molecule has 2 nitrogen and oxygen atoms in total. The Morgan fingerprint density at radius 2 is 2.08 bits per heavy atom. The molecule has 1 aliphatic carbocycles. The van der Waals surface area contributed by atoms with E-state index in [1.807, 2.05) is 0 Å². The Kier molecular flexibility index (Phi) is 3.18. The predicted octanol–water partition coefficient (Wildman–Crippen LogP) is 2.32. The lowest BCUT2D eigenvalue weighted by atomic mass is 10.0. The molecule has 0 spiro atoms. The van der Waals surface area contributed by atoms with Crippen LogP contribution < -0.4 is 5.73 Å². The molecule has 0 aromatic heterocycles. The van der Waals surface area contributed by atoms with Crippen LogP contribution in [0.2, 0.25) is 0 Å². The molecule has 0 saturated carbocycles. The highest BCUT2D eigenvalue weighted by molar-refractivity contribution is 6.55. The maximum absolute atomic E-state index is 10.9. The van der Waals surface area contributed by atoms with Crippen molar-refractivity contribution in [3.05, 3.63) is 22.8 Å². The molecule has 0 radical (unpaired) electrons. The van der Waals surface area contributed by atoms with E-state index >= 15 is 0 Å². The highest BCUT2D eigenvalue weighted by atomic mass is 35.5. The quantitative estimate of drug-likeness (QED) is 0.723. The Bertz CT molecular complexity index is 308. The zero-order valence-electron chi connectivity index (χ0n) is 6.23. The first-order valence-corrected chi connectivity index (χ1v) is 4.83. The minimum absolute atomic E-state index is 0.110. The second kappa shape index (κ2) is 3.70. The molecule has 1 amide bonds. The topological polar surface area (TPSA) is 43.1 Å². The maximum atomic E-state index is 10.9. The van der Waals surface area contributed by atoms with Crippen molar-refractivity contribution < 1.29 is 4.79 Å². The van der Waals surface area contributed by atoms with Crippen molar-refractivity contribution >= 4 is 52.3 Å². The molecule has 0 aromatic carbocycles. The molecule has 0 bridgehead atoms. The lowest BCUT2D eigenvalue weighted by Gasteiger charge is -2.26. The van der Waals surface area contributed by atoms with Crippen LogP contribution in [0.25, 0.3) is 0 Å². The smallest absolute Gasteiger partial charge is 0.246 e. The average Bonchev–Trinajstić information content (AvgIpc) is 1.95. The number of allylic oxidation sites excluding steroid dienone is 3. The van der Waals surface area contributed by atoms with Crippen molar-refractivity contribution in [1.82, 2.24) is 0 Å². The summed E-state index contributed by atoms with van der Waals surface area (Å²) < 4.78 is -1.39. The molecule has 2 N–H and O–H groups in total. The van der Waals surface area contributed by atoms with Crippen LogP contribution >= 0.6 is 46.4 Å². The number of primary amides is 1. The Hall–Kier alpha value is 0.110. The van der Waals surface area contributed by atoms with Crippen LogP contribution in [0, 0.1) is 0 Å². The Labute approximate surface area is 95.3 Å². The summed E-state index contributed by atoms with van der Waals surface area (Å²) in [5, 5.41) is -0.633. The Morgan fingerprint density at radius 3 is 2.54 bits per heavy atom. The van der Waals surface area contributed by atoms with Gasteiger partial charge in [0.1, 0.15) is 5.38 Å². The maximum Gasteiger partial charge on any atom is 0.246 e. The number of carbonyl (C=O) groups excluding carboxylic acids is 1. The summed E-state index contributed by atoms with van der Waals surface area (Å²) in [5.41, 5.74) is 5.16. The molecule has 0 aliphatic heterocycles. The second-order valence-electron chi connectivity index (χ2n) is 2.53.